The minimum Gasteiger partial charge on any atom is -0.444 e. The molecule has 0 unspecified atom stereocenters. The number of amides is 2. The van der Waals surface area contributed by atoms with Crippen molar-refractivity contribution in [1.29, 1.82) is 0 Å². The molecule has 7 nitrogen and oxygen atoms in total. The molecule has 160 valence electrons. The van der Waals surface area contributed by atoms with Crippen LogP contribution < -0.4 is 16.0 Å². The number of nitrogens with zero attached hydrogens (tertiary/aromatic N) is 1. The van der Waals surface area contributed by atoms with Gasteiger partial charge in [-0.1, -0.05) is 0 Å². The molecule has 1 heterocycles. The monoisotopic (exact) mass is 418 g/mol. The molecule has 0 aliphatic heterocycles. The molecule has 0 aliphatic carbocycles. The molecular weight excluding hydrogens is 392 g/mol. The summed E-state index contributed by atoms with van der Waals surface area (Å²) in [6.45, 7) is 7.32. The topological polar surface area (TPSA) is 92.3 Å². The lowest BCUT2D eigenvalue weighted by Crippen LogP contribution is -2.27. The van der Waals surface area contributed by atoms with Crippen LogP contribution in [-0.4, -0.2) is 22.6 Å². The van der Waals surface area contributed by atoms with Gasteiger partial charge in [-0.3, -0.25) is 15.1 Å². The van der Waals surface area contributed by atoms with Crippen molar-refractivity contribution in [3.05, 3.63) is 78.1 Å². The summed E-state index contributed by atoms with van der Waals surface area (Å²) < 4.78 is 5.21. The van der Waals surface area contributed by atoms with E-state index in [2.05, 4.69) is 20.9 Å². The summed E-state index contributed by atoms with van der Waals surface area (Å²) in [4.78, 5) is 28.5. The number of aryl methyl sites for hydroxylation is 1. The highest BCUT2D eigenvalue weighted by Gasteiger charge is 2.16. The van der Waals surface area contributed by atoms with Crippen LogP contribution in [0, 0.1) is 6.92 Å². The number of ether oxygens (including phenoxy) is 1. The highest BCUT2D eigenvalue weighted by atomic mass is 16.6. The van der Waals surface area contributed by atoms with E-state index < -0.39 is 11.7 Å². The number of carbonyl (C=O) groups excluding carboxylic acids is 2. The predicted molar refractivity (Wildman–Crippen MR) is 123 cm³/mol. The second-order valence-corrected chi connectivity index (χ2v) is 8.05. The molecule has 0 bridgehead atoms. The van der Waals surface area contributed by atoms with E-state index in [1.165, 1.54) is 0 Å². The van der Waals surface area contributed by atoms with Crippen LogP contribution in [0.15, 0.2) is 66.9 Å². The van der Waals surface area contributed by atoms with Crippen LogP contribution in [0.4, 0.5) is 27.5 Å². The molecular formula is C24H26N4O3. The third kappa shape index (κ3) is 6.85. The Labute approximate surface area is 181 Å². The molecule has 2 amide bonds. The summed E-state index contributed by atoms with van der Waals surface area (Å²) in [6, 6.07) is 17.9. The molecule has 0 radical (unpaired) electrons. The SMILES string of the molecule is Cc1cc(Nc2ccc(NC(=O)c3ccc(NC(=O)OC(C)(C)C)cc3)cc2)ccn1. The Morgan fingerprint density at radius 1 is 0.806 bits per heavy atom. The molecule has 0 fully saturated rings. The lowest BCUT2D eigenvalue weighted by atomic mass is 10.2. The van der Waals surface area contributed by atoms with Crippen molar-refractivity contribution in [2.24, 2.45) is 0 Å². The maximum atomic E-state index is 12.5. The zero-order valence-electron chi connectivity index (χ0n) is 18.0. The number of benzene rings is 2. The lowest BCUT2D eigenvalue weighted by molar-refractivity contribution is 0.0636. The van der Waals surface area contributed by atoms with Gasteiger partial charge in [0.2, 0.25) is 0 Å². The Bertz CT molecular complexity index is 1060. The van der Waals surface area contributed by atoms with Crippen LogP contribution in [-0.2, 0) is 4.74 Å². The maximum absolute atomic E-state index is 12.5. The van der Waals surface area contributed by atoms with Crippen molar-refractivity contribution < 1.29 is 14.3 Å². The molecule has 1 aromatic heterocycles. The Balaban J connectivity index is 1.56. The summed E-state index contributed by atoms with van der Waals surface area (Å²) in [6.07, 6.45) is 1.21. The molecule has 2 aromatic carbocycles. The number of rotatable bonds is 5. The summed E-state index contributed by atoms with van der Waals surface area (Å²) in [7, 11) is 0. The molecule has 0 aliphatic rings. The van der Waals surface area contributed by atoms with Crippen LogP contribution >= 0.6 is 0 Å². The largest absolute Gasteiger partial charge is 0.444 e. The number of pyridine rings is 1. The van der Waals surface area contributed by atoms with Gasteiger partial charge in [-0.15, -0.1) is 0 Å². The van der Waals surface area contributed by atoms with Crippen LogP contribution in [0.3, 0.4) is 0 Å². The number of carbonyl (C=O) groups is 2. The van der Waals surface area contributed by atoms with E-state index in [0.29, 0.717) is 16.9 Å². The van der Waals surface area contributed by atoms with E-state index in [1.54, 1.807) is 51.2 Å². The van der Waals surface area contributed by atoms with Crippen molar-refractivity contribution in [3.63, 3.8) is 0 Å². The molecule has 3 N–H and O–H groups in total. The number of anilines is 4. The third-order valence-corrected chi connectivity index (χ3v) is 4.12. The number of aromatic nitrogens is 1. The van der Waals surface area contributed by atoms with Gasteiger partial charge in [-0.05, 0) is 88.4 Å². The second kappa shape index (κ2) is 9.30. The van der Waals surface area contributed by atoms with Crippen LogP contribution in [0.1, 0.15) is 36.8 Å². The minimum absolute atomic E-state index is 0.241. The van der Waals surface area contributed by atoms with Crippen molar-refractivity contribution in [1.82, 2.24) is 4.98 Å². The fraction of sp³-hybridized carbons (Fsp3) is 0.208. The standard InChI is InChI=1S/C24H26N4O3/c1-16-15-21(13-14-25-16)26-18-9-11-19(12-10-18)27-22(29)17-5-7-20(8-6-17)28-23(30)31-24(2,3)4/h5-15H,1-4H3,(H,25,26)(H,27,29)(H,28,30). The zero-order chi connectivity index (χ0) is 22.4. The molecule has 7 heteroatoms. The smallest absolute Gasteiger partial charge is 0.412 e. The van der Waals surface area contributed by atoms with Crippen molar-refractivity contribution >= 4 is 34.7 Å². The fourth-order valence-electron chi connectivity index (χ4n) is 2.76. The van der Waals surface area contributed by atoms with Crippen LogP contribution in [0.5, 0.6) is 0 Å². The van der Waals surface area contributed by atoms with Crippen molar-refractivity contribution in [2.45, 2.75) is 33.3 Å². The highest BCUT2D eigenvalue weighted by Crippen LogP contribution is 2.20. The molecule has 0 atom stereocenters. The van der Waals surface area contributed by atoms with Crippen LogP contribution in [0.25, 0.3) is 0 Å². The van der Waals surface area contributed by atoms with Gasteiger partial charge < -0.3 is 15.4 Å². The van der Waals surface area contributed by atoms with Gasteiger partial charge in [0, 0.05) is 40.2 Å². The first-order valence-electron chi connectivity index (χ1n) is 9.89. The fourth-order valence-corrected chi connectivity index (χ4v) is 2.76. The lowest BCUT2D eigenvalue weighted by Gasteiger charge is -2.19. The third-order valence-electron chi connectivity index (χ3n) is 4.12. The van der Waals surface area contributed by atoms with Gasteiger partial charge in [0.25, 0.3) is 5.91 Å². The summed E-state index contributed by atoms with van der Waals surface area (Å²) in [5, 5.41) is 8.80. The van der Waals surface area contributed by atoms with Gasteiger partial charge in [0.1, 0.15) is 5.60 Å². The Morgan fingerprint density at radius 3 is 2.00 bits per heavy atom. The second-order valence-electron chi connectivity index (χ2n) is 8.05. The molecule has 31 heavy (non-hydrogen) atoms. The zero-order valence-corrected chi connectivity index (χ0v) is 18.0. The molecule has 0 saturated carbocycles. The normalized spacial score (nSPS) is 10.8. The number of hydrogen-bond acceptors (Lipinski definition) is 5. The van der Waals surface area contributed by atoms with Crippen molar-refractivity contribution in [3.8, 4) is 0 Å². The highest BCUT2D eigenvalue weighted by molar-refractivity contribution is 6.04. The van der Waals surface area contributed by atoms with E-state index >= 15 is 0 Å². The molecule has 0 spiro atoms. The van der Waals surface area contributed by atoms with Crippen molar-refractivity contribution in [2.75, 3.05) is 16.0 Å². The summed E-state index contributed by atoms with van der Waals surface area (Å²) >= 11 is 0. The van der Waals surface area contributed by atoms with E-state index in [9.17, 15) is 9.59 Å². The Morgan fingerprint density at radius 2 is 1.39 bits per heavy atom. The van der Waals surface area contributed by atoms with E-state index in [4.69, 9.17) is 4.74 Å². The predicted octanol–water partition coefficient (Wildman–Crippen LogP) is 5.73. The van der Waals surface area contributed by atoms with E-state index in [1.807, 2.05) is 43.3 Å². The quantitative estimate of drug-likeness (QED) is 0.492. The van der Waals surface area contributed by atoms with E-state index in [0.717, 1.165) is 17.1 Å². The Kier molecular flexibility index (Phi) is 6.55. The number of hydrogen-bond donors (Lipinski definition) is 3. The molecule has 3 aromatic rings. The van der Waals surface area contributed by atoms with E-state index in [-0.39, 0.29) is 5.91 Å². The molecule has 0 saturated heterocycles. The first-order chi connectivity index (χ1) is 14.7. The molecule has 3 rings (SSSR count). The first-order valence-corrected chi connectivity index (χ1v) is 9.89. The van der Waals surface area contributed by atoms with Gasteiger partial charge in [0.15, 0.2) is 0 Å². The Hall–Kier alpha value is -3.87. The van der Waals surface area contributed by atoms with Gasteiger partial charge in [0.05, 0.1) is 0 Å². The average Bonchev–Trinajstić information content (AvgIpc) is 2.68. The van der Waals surface area contributed by atoms with Gasteiger partial charge >= 0.3 is 6.09 Å². The van der Waals surface area contributed by atoms with Gasteiger partial charge in [-0.25, -0.2) is 4.79 Å². The van der Waals surface area contributed by atoms with Crippen LogP contribution in [0.2, 0.25) is 0 Å². The first kappa shape index (κ1) is 21.8. The summed E-state index contributed by atoms with van der Waals surface area (Å²) in [5.41, 5.74) is 3.91. The maximum Gasteiger partial charge on any atom is 0.412 e. The minimum atomic E-state index is -0.577. The van der Waals surface area contributed by atoms with Gasteiger partial charge in [-0.2, -0.15) is 0 Å². The summed E-state index contributed by atoms with van der Waals surface area (Å²) in [5.74, 6) is -0.241. The number of nitrogens with one attached hydrogen (secondary N) is 3. The average molecular weight is 418 g/mol.